The second kappa shape index (κ2) is 18.6. The first kappa shape index (κ1) is 36.9. The summed E-state index contributed by atoms with van der Waals surface area (Å²) in [5.74, 6) is 1.61. The topological polar surface area (TPSA) is 131 Å². The number of anilines is 1. The third kappa shape index (κ3) is 10.6. The monoisotopic (exact) mass is 719 g/mol. The molecule has 5 aromatic rings. The normalized spacial score (nSPS) is 12.5. The Morgan fingerprint density at radius 3 is 2.24 bits per heavy atom. The largest absolute Gasteiger partial charge is 0.508 e. The Labute approximate surface area is 301 Å². The van der Waals surface area contributed by atoms with Crippen molar-refractivity contribution in [1.82, 2.24) is 19.8 Å². The summed E-state index contributed by atoms with van der Waals surface area (Å²) in [7, 11) is 0. The summed E-state index contributed by atoms with van der Waals surface area (Å²) < 4.78 is 26.3. The predicted molar refractivity (Wildman–Crippen MR) is 197 cm³/mol. The van der Waals surface area contributed by atoms with E-state index in [4.69, 9.17) is 20.5 Å². The summed E-state index contributed by atoms with van der Waals surface area (Å²) in [4.78, 5) is 14.0. The molecule has 2 unspecified atom stereocenters. The van der Waals surface area contributed by atoms with Gasteiger partial charge in [-0.3, -0.25) is 9.89 Å². The average molecular weight is 720 g/mol. The molecule has 2 atom stereocenters. The molecule has 10 nitrogen and oxygen atoms in total. The number of H-pyrrole nitrogens is 1. The second-order valence-corrected chi connectivity index (χ2v) is 14.0. The quantitative estimate of drug-likeness (QED) is 0.0685. The Hall–Kier alpha value is -4.35. The van der Waals surface area contributed by atoms with Gasteiger partial charge in [-0.05, 0) is 98.8 Å². The van der Waals surface area contributed by atoms with E-state index in [-0.39, 0.29) is 11.7 Å². The van der Waals surface area contributed by atoms with E-state index in [1.165, 1.54) is 44.2 Å². The number of aryl methyl sites for hydroxylation is 3. The Morgan fingerprint density at radius 1 is 0.880 bits per heavy atom. The molecule has 0 saturated heterocycles. The zero-order valence-corrected chi connectivity index (χ0v) is 30.3. The Morgan fingerprint density at radius 2 is 1.54 bits per heavy atom. The number of rotatable bonds is 20. The van der Waals surface area contributed by atoms with E-state index < -0.39 is 17.2 Å². The molecular weight excluding hydrogens is 674 g/mol. The lowest BCUT2D eigenvalue weighted by Crippen LogP contribution is -2.33. The summed E-state index contributed by atoms with van der Waals surface area (Å²) in [6.45, 7) is 4.13. The molecule has 1 amide bonds. The molecule has 0 bridgehead atoms. The third-order valence-corrected chi connectivity index (χ3v) is 9.99. The highest BCUT2D eigenvalue weighted by Crippen LogP contribution is 2.24. The lowest BCUT2D eigenvalue weighted by Gasteiger charge is -2.19. The van der Waals surface area contributed by atoms with E-state index >= 15 is 0 Å². The molecule has 5 rings (SSSR count). The van der Waals surface area contributed by atoms with Crippen LogP contribution in [0.4, 0.5) is 5.69 Å². The van der Waals surface area contributed by atoms with Crippen LogP contribution in [0.15, 0.2) is 77.7 Å². The number of aromatic nitrogens is 4. The van der Waals surface area contributed by atoms with Gasteiger partial charge in [-0.2, -0.15) is 0 Å². The number of aromatic hydroxyl groups is 1. The summed E-state index contributed by atoms with van der Waals surface area (Å²) in [6.07, 6.45) is 11.7. The first-order valence-corrected chi connectivity index (χ1v) is 18.9. The molecule has 3 aromatic carbocycles. The number of fused-ring (bicyclic) bond motifs is 1. The lowest BCUT2D eigenvalue weighted by molar-refractivity contribution is -0.123. The summed E-state index contributed by atoms with van der Waals surface area (Å²) in [5.41, 5.74) is 3.37. The van der Waals surface area contributed by atoms with Gasteiger partial charge in [0.25, 0.3) is 5.91 Å². The van der Waals surface area contributed by atoms with Crippen LogP contribution in [0, 0.1) is 6.92 Å². The van der Waals surface area contributed by atoms with Gasteiger partial charge in [0.15, 0.2) is 17.6 Å². The number of ether oxygens (including phenoxy) is 1. The van der Waals surface area contributed by atoms with Crippen LogP contribution in [-0.4, -0.2) is 41.1 Å². The van der Waals surface area contributed by atoms with Gasteiger partial charge in [-0.25, -0.2) is 8.72 Å². The number of amides is 1. The number of nitrogens with one attached hydrogen (secondary N) is 2. The van der Waals surface area contributed by atoms with E-state index in [2.05, 4.69) is 27.5 Å². The fraction of sp³-hybridized carbons (Fsp3) is 0.395. The average Bonchev–Trinajstić information content (AvgIpc) is 3.65. The van der Waals surface area contributed by atoms with Crippen LogP contribution in [0.2, 0.25) is 5.02 Å². The molecule has 50 heavy (non-hydrogen) atoms. The van der Waals surface area contributed by atoms with Crippen molar-refractivity contribution in [1.29, 1.82) is 0 Å². The van der Waals surface area contributed by atoms with Crippen LogP contribution < -0.4 is 14.2 Å². The highest BCUT2D eigenvalue weighted by Gasteiger charge is 2.21. The number of benzene rings is 3. The number of carbonyl (C=O) groups excluding carboxylic acids is 1. The number of phenolic OH excluding ortho intramolecular Hbond substituents is 1. The van der Waals surface area contributed by atoms with Crippen LogP contribution in [0.3, 0.4) is 0 Å². The molecule has 0 aliphatic heterocycles. The van der Waals surface area contributed by atoms with Crippen molar-refractivity contribution >= 4 is 39.9 Å². The molecule has 0 fully saturated rings. The van der Waals surface area contributed by atoms with Gasteiger partial charge in [0.05, 0.1) is 10.6 Å². The summed E-state index contributed by atoms with van der Waals surface area (Å²) in [6, 6.07) is 20.6. The van der Waals surface area contributed by atoms with Crippen molar-refractivity contribution in [2.45, 2.75) is 102 Å². The fourth-order valence-corrected chi connectivity index (χ4v) is 6.59. The highest BCUT2D eigenvalue weighted by atomic mass is 35.5. The highest BCUT2D eigenvalue weighted by molar-refractivity contribution is 7.80. The van der Waals surface area contributed by atoms with Crippen LogP contribution in [-0.2, 0) is 28.7 Å². The zero-order valence-electron chi connectivity index (χ0n) is 28.7. The minimum atomic E-state index is -1.76. The third-order valence-electron chi connectivity index (χ3n) is 8.54. The molecule has 0 saturated carbocycles. The Balaban J connectivity index is 1.15. The first-order chi connectivity index (χ1) is 24.3. The Kier molecular flexibility index (Phi) is 13.7. The molecule has 0 radical (unpaired) electrons. The van der Waals surface area contributed by atoms with E-state index in [0.29, 0.717) is 39.2 Å². The van der Waals surface area contributed by atoms with E-state index in [1.54, 1.807) is 36.4 Å². The smallest absolute Gasteiger partial charge is 0.265 e. The molecular formula is C38H46ClN5O5S. The van der Waals surface area contributed by atoms with Gasteiger partial charge in [-0.1, -0.05) is 75.6 Å². The van der Waals surface area contributed by atoms with Gasteiger partial charge in [-0.15, -0.1) is 10.2 Å². The first-order valence-electron chi connectivity index (χ1n) is 17.4. The number of hydrogen-bond acceptors (Lipinski definition) is 7. The minimum absolute atomic E-state index is 0.100. The van der Waals surface area contributed by atoms with Crippen molar-refractivity contribution in [3.8, 4) is 17.2 Å². The van der Waals surface area contributed by atoms with Gasteiger partial charge < -0.3 is 19.3 Å². The van der Waals surface area contributed by atoms with E-state index in [9.17, 15) is 14.1 Å². The van der Waals surface area contributed by atoms with Crippen LogP contribution >= 0.6 is 11.6 Å². The molecule has 2 heterocycles. The number of carbonyl (C=O) groups is 1. The predicted octanol–water partition coefficient (Wildman–Crippen LogP) is 8.92. The number of nitrogens with zero attached hydrogens (tertiary/aromatic N) is 3. The molecule has 266 valence electrons. The molecule has 0 aliphatic rings. The zero-order chi connectivity index (χ0) is 35.3. The molecule has 12 heteroatoms. The molecule has 3 N–H and O–H groups in total. The maximum Gasteiger partial charge on any atom is 0.265 e. The second-order valence-electron chi connectivity index (χ2n) is 12.5. The number of aromatic amines is 1. The van der Waals surface area contributed by atoms with E-state index in [0.717, 1.165) is 55.6 Å². The maximum absolute atomic E-state index is 13.5. The van der Waals surface area contributed by atoms with Crippen molar-refractivity contribution in [3.05, 3.63) is 94.9 Å². The van der Waals surface area contributed by atoms with Crippen molar-refractivity contribution in [2.24, 2.45) is 0 Å². The number of halogens is 1. The fourth-order valence-electron chi connectivity index (χ4n) is 5.69. The van der Waals surface area contributed by atoms with Crippen LogP contribution in [0.5, 0.6) is 17.2 Å². The van der Waals surface area contributed by atoms with Gasteiger partial charge in [0.2, 0.25) is 11.1 Å². The summed E-state index contributed by atoms with van der Waals surface area (Å²) >= 11 is 4.53. The van der Waals surface area contributed by atoms with Gasteiger partial charge in [0.1, 0.15) is 22.3 Å². The molecule has 0 spiro atoms. The van der Waals surface area contributed by atoms with Crippen molar-refractivity contribution in [2.75, 3.05) is 5.32 Å². The van der Waals surface area contributed by atoms with E-state index in [1.807, 2.05) is 35.7 Å². The Bertz CT molecular complexity index is 1820. The summed E-state index contributed by atoms with van der Waals surface area (Å²) in [5, 5.41) is 24.8. The number of hydrogen-bond donors (Lipinski definition) is 3. The maximum atomic E-state index is 13.5. The number of unbranched alkanes of at least 4 members (excludes halogenated alkanes) is 7. The van der Waals surface area contributed by atoms with Gasteiger partial charge in [0, 0.05) is 12.1 Å². The SMILES string of the molecule is CCCCCCCCCCC(Oc1ccc(S(=O)Oc2ccc(O)cc2)cc1)C(=O)Nc1ccc(CCCc2nnc3c(Cl)c(C)[nH]n23)cc1. The van der Waals surface area contributed by atoms with Crippen molar-refractivity contribution in [3.63, 3.8) is 0 Å². The lowest BCUT2D eigenvalue weighted by atomic mass is 10.0. The minimum Gasteiger partial charge on any atom is -0.508 e. The van der Waals surface area contributed by atoms with Crippen LogP contribution in [0.1, 0.15) is 88.2 Å². The molecule has 0 aliphatic carbocycles. The standard InChI is InChI=1S/C38H46ClN5O5S/c1-3-4-5-6-7-8-9-10-13-34(48-31-23-25-33(26-24-31)50(47)49-32-21-19-30(45)20-22-32)38(46)40-29-17-15-28(16-18-29)12-11-14-35-41-42-37-36(39)27(2)43-44(35)37/h15-26,34,43,45H,3-14H2,1-2H3,(H,40,46). The van der Waals surface area contributed by atoms with Crippen molar-refractivity contribution < 1.29 is 23.0 Å². The van der Waals surface area contributed by atoms with Crippen LogP contribution in [0.25, 0.3) is 5.65 Å². The number of phenols is 1. The van der Waals surface area contributed by atoms with Gasteiger partial charge >= 0.3 is 0 Å². The molecule has 2 aromatic heterocycles.